The molecule has 1 amide bonds. The number of anilines is 2. The van der Waals surface area contributed by atoms with Gasteiger partial charge in [-0.25, -0.2) is 10.8 Å². The minimum absolute atomic E-state index is 0.0966. The highest BCUT2D eigenvalue weighted by atomic mass is 16.2. The highest BCUT2D eigenvalue weighted by Gasteiger charge is 2.17. The third-order valence-corrected chi connectivity index (χ3v) is 2.88. The SMILES string of the molecule is CCN(C(=O)c1cc(C)nc(NN)c1)c1ccncc1. The van der Waals surface area contributed by atoms with E-state index in [1.807, 2.05) is 13.8 Å². The zero-order chi connectivity index (χ0) is 14.5. The summed E-state index contributed by atoms with van der Waals surface area (Å²) in [5.41, 5.74) is 4.55. The number of aromatic nitrogens is 2. The van der Waals surface area contributed by atoms with Crippen LogP contribution in [-0.2, 0) is 0 Å². The van der Waals surface area contributed by atoms with Crippen LogP contribution in [0, 0.1) is 6.92 Å². The van der Waals surface area contributed by atoms with Crippen LogP contribution >= 0.6 is 0 Å². The summed E-state index contributed by atoms with van der Waals surface area (Å²) >= 11 is 0. The molecule has 6 heteroatoms. The summed E-state index contributed by atoms with van der Waals surface area (Å²) in [5, 5.41) is 0. The summed E-state index contributed by atoms with van der Waals surface area (Å²) in [5.74, 6) is 5.74. The van der Waals surface area contributed by atoms with Crippen LogP contribution in [0.4, 0.5) is 11.5 Å². The molecule has 104 valence electrons. The Bertz CT molecular complexity index is 600. The van der Waals surface area contributed by atoms with Gasteiger partial charge in [0, 0.05) is 35.9 Å². The number of carbonyl (C=O) groups is 1. The first-order chi connectivity index (χ1) is 9.65. The molecule has 0 saturated heterocycles. The molecule has 2 heterocycles. The molecule has 0 spiro atoms. The van der Waals surface area contributed by atoms with Gasteiger partial charge in [-0.3, -0.25) is 9.78 Å². The van der Waals surface area contributed by atoms with Gasteiger partial charge in [0.15, 0.2) is 0 Å². The maximum absolute atomic E-state index is 12.6. The number of hydrogen-bond acceptors (Lipinski definition) is 5. The van der Waals surface area contributed by atoms with Crippen molar-refractivity contribution in [1.82, 2.24) is 9.97 Å². The third-order valence-electron chi connectivity index (χ3n) is 2.88. The van der Waals surface area contributed by atoms with E-state index in [9.17, 15) is 4.79 Å². The van der Waals surface area contributed by atoms with Crippen LogP contribution in [0.1, 0.15) is 23.0 Å². The van der Waals surface area contributed by atoms with Gasteiger partial charge in [0.25, 0.3) is 5.91 Å². The number of nitrogens with one attached hydrogen (secondary N) is 1. The van der Waals surface area contributed by atoms with Gasteiger partial charge in [-0.15, -0.1) is 0 Å². The zero-order valence-electron chi connectivity index (χ0n) is 11.5. The van der Waals surface area contributed by atoms with Crippen molar-refractivity contribution < 1.29 is 4.79 Å². The lowest BCUT2D eigenvalue weighted by atomic mass is 10.2. The normalized spacial score (nSPS) is 10.2. The van der Waals surface area contributed by atoms with Crippen LogP contribution in [0.15, 0.2) is 36.7 Å². The Morgan fingerprint density at radius 2 is 2.05 bits per heavy atom. The molecule has 0 bridgehead atoms. The van der Waals surface area contributed by atoms with Crippen LogP contribution in [0.25, 0.3) is 0 Å². The average Bonchev–Trinajstić information content (AvgIpc) is 2.48. The van der Waals surface area contributed by atoms with Crippen LogP contribution in [-0.4, -0.2) is 22.4 Å². The van der Waals surface area contributed by atoms with E-state index in [0.29, 0.717) is 17.9 Å². The van der Waals surface area contributed by atoms with Crippen molar-refractivity contribution in [2.45, 2.75) is 13.8 Å². The number of rotatable bonds is 4. The molecule has 2 rings (SSSR count). The Morgan fingerprint density at radius 3 is 2.65 bits per heavy atom. The fourth-order valence-electron chi connectivity index (χ4n) is 1.99. The molecule has 20 heavy (non-hydrogen) atoms. The third kappa shape index (κ3) is 2.92. The quantitative estimate of drug-likeness (QED) is 0.653. The number of hydrazine groups is 1. The second-order valence-corrected chi connectivity index (χ2v) is 4.28. The van der Waals surface area contributed by atoms with Crippen molar-refractivity contribution in [2.24, 2.45) is 5.84 Å². The van der Waals surface area contributed by atoms with Crippen molar-refractivity contribution in [3.63, 3.8) is 0 Å². The number of amides is 1. The van der Waals surface area contributed by atoms with E-state index in [4.69, 9.17) is 5.84 Å². The smallest absolute Gasteiger partial charge is 0.258 e. The van der Waals surface area contributed by atoms with Crippen molar-refractivity contribution in [3.8, 4) is 0 Å². The molecule has 0 saturated carbocycles. The summed E-state index contributed by atoms with van der Waals surface area (Å²) < 4.78 is 0. The molecule has 6 nitrogen and oxygen atoms in total. The first kappa shape index (κ1) is 14.0. The van der Waals surface area contributed by atoms with E-state index < -0.39 is 0 Å². The standard InChI is InChI=1S/C14H17N5O/c1-3-19(12-4-6-16-7-5-12)14(20)11-8-10(2)17-13(9-11)18-15/h4-9H,3,15H2,1-2H3,(H,17,18). The maximum Gasteiger partial charge on any atom is 0.258 e. The average molecular weight is 271 g/mol. The minimum Gasteiger partial charge on any atom is -0.309 e. The molecule has 0 aromatic carbocycles. The van der Waals surface area contributed by atoms with E-state index in [1.165, 1.54) is 0 Å². The van der Waals surface area contributed by atoms with E-state index in [-0.39, 0.29) is 5.91 Å². The van der Waals surface area contributed by atoms with Gasteiger partial charge < -0.3 is 10.3 Å². The first-order valence-electron chi connectivity index (χ1n) is 6.33. The Kier molecular flexibility index (Phi) is 4.27. The molecule has 0 fully saturated rings. The molecule has 3 N–H and O–H groups in total. The molecule has 2 aromatic heterocycles. The molecule has 0 atom stereocenters. The lowest BCUT2D eigenvalue weighted by Crippen LogP contribution is -2.30. The largest absolute Gasteiger partial charge is 0.309 e. The zero-order valence-corrected chi connectivity index (χ0v) is 11.5. The van der Waals surface area contributed by atoms with E-state index in [1.54, 1.807) is 41.6 Å². The predicted octanol–water partition coefficient (Wildman–Crippen LogP) is 1.74. The van der Waals surface area contributed by atoms with E-state index in [2.05, 4.69) is 15.4 Å². The van der Waals surface area contributed by atoms with Gasteiger partial charge in [0.05, 0.1) is 0 Å². The summed E-state index contributed by atoms with van der Waals surface area (Å²) in [6.45, 7) is 4.31. The van der Waals surface area contributed by atoms with Crippen LogP contribution in [0.3, 0.4) is 0 Å². The monoisotopic (exact) mass is 271 g/mol. The molecular weight excluding hydrogens is 254 g/mol. The van der Waals surface area contributed by atoms with Gasteiger partial charge in [0.2, 0.25) is 0 Å². The Balaban J connectivity index is 2.36. The van der Waals surface area contributed by atoms with Crippen LogP contribution in [0.5, 0.6) is 0 Å². The van der Waals surface area contributed by atoms with Crippen LogP contribution in [0.2, 0.25) is 0 Å². The summed E-state index contributed by atoms with van der Waals surface area (Å²) in [6, 6.07) is 6.99. The fourth-order valence-corrected chi connectivity index (χ4v) is 1.99. The number of nitrogens with zero attached hydrogens (tertiary/aromatic N) is 3. The molecule has 0 radical (unpaired) electrons. The van der Waals surface area contributed by atoms with Gasteiger partial charge in [-0.1, -0.05) is 0 Å². The first-order valence-corrected chi connectivity index (χ1v) is 6.33. The molecule has 0 aliphatic rings. The molecular formula is C14H17N5O. The fraction of sp³-hybridized carbons (Fsp3) is 0.214. The number of nitrogen functional groups attached to an aromatic ring is 1. The van der Waals surface area contributed by atoms with E-state index >= 15 is 0 Å². The second kappa shape index (κ2) is 6.12. The predicted molar refractivity (Wildman–Crippen MR) is 78.4 cm³/mol. The van der Waals surface area contributed by atoms with Gasteiger partial charge in [-0.2, -0.15) is 0 Å². The molecule has 2 aromatic rings. The Hall–Kier alpha value is -2.47. The van der Waals surface area contributed by atoms with Crippen LogP contribution < -0.4 is 16.2 Å². The van der Waals surface area contributed by atoms with Gasteiger partial charge in [0.1, 0.15) is 5.82 Å². The number of pyridine rings is 2. The minimum atomic E-state index is -0.0966. The highest BCUT2D eigenvalue weighted by molar-refractivity contribution is 6.06. The summed E-state index contributed by atoms with van der Waals surface area (Å²) in [7, 11) is 0. The Morgan fingerprint density at radius 1 is 1.35 bits per heavy atom. The number of hydrogen-bond donors (Lipinski definition) is 2. The topological polar surface area (TPSA) is 84.1 Å². The molecule has 0 aliphatic carbocycles. The van der Waals surface area contributed by atoms with Crippen molar-refractivity contribution >= 4 is 17.4 Å². The van der Waals surface area contributed by atoms with Gasteiger partial charge >= 0.3 is 0 Å². The summed E-state index contributed by atoms with van der Waals surface area (Å²) in [4.78, 5) is 22.4. The molecule has 0 unspecified atom stereocenters. The summed E-state index contributed by atoms with van der Waals surface area (Å²) in [6.07, 6.45) is 3.33. The second-order valence-electron chi connectivity index (χ2n) is 4.28. The molecule has 0 aliphatic heterocycles. The highest BCUT2D eigenvalue weighted by Crippen LogP contribution is 2.17. The van der Waals surface area contributed by atoms with Gasteiger partial charge in [-0.05, 0) is 38.1 Å². The Labute approximate surface area is 117 Å². The van der Waals surface area contributed by atoms with Crippen molar-refractivity contribution in [1.29, 1.82) is 0 Å². The number of nitrogens with two attached hydrogens (primary N) is 1. The number of aryl methyl sites for hydroxylation is 1. The van der Waals surface area contributed by atoms with E-state index in [0.717, 1.165) is 11.4 Å². The van der Waals surface area contributed by atoms with Crippen molar-refractivity contribution in [2.75, 3.05) is 16.9 Å². The maximum atomic E-state index is 12.6. The lowest BCUT2D eigenvalue weighted by Gasteiger charge is -2.21. The number of carbonyl (C=O) groups excluding carboxylic acids is 1. The van der Waals surface area contributed by atoms with Crippen molar-refractivity contribution in [3.05, 3.63) is 47.9 Å². The lowest BCUT2D eigenvalue weighted by molar-refractivity contribution is 0.0988.